The van der Waals surface area contributed by atoms with Gasteiger partial charge in [-0.25, -0.2) is 4.39 Å². The van der Waals surface area contributed by atoms with Crippen molar-refractivity contribution in [2.75, 3.05) is 26.4 Å². The van der Waals surface area contributed by atoms with Gasteiger partial charge in [0, 0.05) is 19.8 Å². The van der Waals surface area contributed by atoms with E-state index in [2.05, 4.69) is 5.32 Å². The number of carbonyl (C=O) groups excluding carboxylic acids is 1. The Hall–Kier alpha value is -1.62. The molecule has 0 saturated carbocycles. The van der Waals surface area contributed by atoms with Gasteiger partial charge in [-0.05, 0) is 43.0 Å². The summed E-state index contributed by atoms with van der Waals surface area (Å²) < 4.78 is 23.2. The molecule has 1 N–H and O–H groups in total. The standard InChI is InChI=1S/C14H18FNO3/c15-12-1-3-13(4-2-12)19-10-14(17)16-9-11-5-7-18-8-6-11/h1-4,11H,5-10H2,(H,16,17). The van der Waals surface area contributed by atoms with Crippen LogP contribution in [-0.2, 0) is 9.53 Å². The second kappa shape index (κ2) is 7.09. The van der Waals surface area contributed by atoms with Gasteiger partial charge >= 0.3 is 0 Å². The summed E-state index contributed by atoms with van der Waals surface area (Å²) in [5, 5.41) is 2.84. The zero-order valence-corrected chi connectivity index (χ0v) is 10.7. The van der Waals surface area contributed by atoms with Crippen LogP contribution in [0.5, 0.6) is 5.75 Å². The van der Waals surface area contributed by atoms with Crippen LogP contribution in [0.2, 0.25) is 0 Å². The molecule has 0 aliphatic carbocycles. The third-order valence-corrected chi connectivity index (χ3v) is 3.11. The largest absolute Gasteiger partial charge is 0.484 e. The van der Waals surface area contributed by atoms with E-state index in [0.717, 1.165) is 26.1 Å². The van der Waals surface area contributed by atoms with E-state index in [1.54, 1.807) is 0 Å². The highest BCUT2D eigenvalue weighted by Gasteiger charge is 2.14. The first kappa shape index (κ1) is 13.8. The number of hydrogen-bond donors (Lipinski definition) is 1. The van der Waals surface area contributed by atoms with Gasteiger partial charge in [-0.3, -0.25) is 4.79 Å². The van der Waals surface area contributed by atoms with Crippen LogP contribution in [0.3, 0.4) is 0 Å². The van der Waals surface area contributed by atoms with E-state index in [4.69, 9.17) is 9.47 Å². The molecule has 1 amide bonds. The van der Waals surface area contributed by atoms with E-state index >= 15 is 0 Å². The Morgan fingerprint density at radius 3 is 2.68 bits per heavy atom. The maximum atomic E-state index is 12.7. The summed E-state index contributed by atoms with van der Waals surface area (Å²) in [6, 6.07) is 5.60. The van der Waals surface area contributed by atoms with Gasteiger partial charge in [0.2, 0.25) is 0 Å². The van der Waals surface area contributed by atoms with Gasteiger partial charge in [0.05, 0.1) is 0 Å². The van der Waals surface area contributed by atoms with Crippen molar-refractivity contribution in [2.24, 2.45) is 5.92 Å². The number of benzene rings is 1. The Labute approximate surface area is 111 Å². The van der Waals surface area contributed by atoms with Crippen LogP contribution in [0, 0.1) is 11.7 Å². The highest BCUT2D eigenvalue weighted by Crippen LogP contribution is 2.13. The molecule has 1 aromatic carbocycles. The van der Waals surface area contributed by atoms with Crippen LogP contribution in [0.25, 0.3) is 0 Å². The SMILES string of the molecule is O=C(COc1ccc(F)cc1)NCC1CCOCC1. The van der Waals surface area contributed by atoms with Crippen molar-refractivity contribution >= 4 is 5.91 Å². The third kappa shape index (κ3) is 4.87. The van der Waals surface area contributed by atoms with Gasteiger partial charge in [0.1, 0.15) is 11.6 Å². The highest BCUT2D eigenvalue weighted by molar-refractivity contribution is 5.77. The summed E-state index contributed by atoms with van der Waals surface area (Å²) >= 11 is 0. The zero-order valence-electron chi connectivity index (χ0n) is 10.7. The molecule has 104 valence electrons. The molecule has 0 atom stereocenters. The van der Waals surface area contributed by atoms with Gasteiger partial charge in [0.25, 0.3) is 5.91 Å². The number of nitrogens with one attached hydrogen (secondary N) is 1. The summed E-state index contributed by atoms with van der Waals surface area (Å²) in [5.41, 5.74) is 0. The monoisotopic (exact) mass is 267 g/mol. The summed E-state index contributed by atoms with van der Waals surface area (Å²) in [6.07, 6.45) is 1.97. The minimum absolute atomic E-state index is 0.0468. The molecule has 1 fully saturated rings. The van der Waals surface area contributed by atoms with E-state index in [0.29, 0.717) is 18.2 Å². The maximum absolute atomic E-state index is 12.7. The molecular formula is C14H18FNO3. The van der Waals surface area contributed by atoms with Crippen LogP contribution in [-0.4, -0.2) is 32.3 Å². The van der Waals surface area contributed by atoms with Crippen LogP contribution in [0.4, 0.5) is 4.39 Å². The van der Waals surface area contributed by atoms with Crippen molar-refractivity contribution < 1.29 is 18.7 Å². The quantitative estimate of drug-likeness (QED) is 0.884. The van der Waals surface area contributed by atoms with Crippen molar-refractivity contribution in [1.82, 2.24) is 5.32 Å². The molecule has 0 radical (unpaired) electrons. The Morgan fingerprint density at radius 1 is 1.32 bits per heavy atom. The average molecular weight is 267 g/mol. The van der Waals surface area contributed by atoms with Gasteiger partial charge in [-0.2, -0.15) is 0 Å². The third-order valence-electron chi connectivity index (χ3n) is 3.11. The molecule has 19 heavy (non-hydrogen) atoms. The summed E-state index contributed by atoms with van der Waals surface area (Å²) in [7, 11) is 0. The van der Waals surface area contributed by atoms with Gasteiger partial charge in [0.15, 0.2) is 6.61 Å². The molecule has 0 aromatic heterocycles. The van der Waals surface area contributed by atoms with Gasteiger partial charge in [-0.1, -0.05) is 0 Å². The number of ether oxygens (including phenoxy) is 2. The Morgan fingerprint density at radius 2 is 2.00 bits per heavy atom. The molecule has 0 bridgehead atoms. The van der Waals surface area contributed by atoms with Gasteiger partial charge in [-0.15, -0.1) is 0 Å². The van der Waals surface area contributed by atoms with Crippen molar-refractivity contribution in [3.05, 3.63) is 30.1 Å². The first-order chi connectivity index (χ1) is 9.24. The molecule has 1 aliphatic rings. The first-order valence-electron chi connectivity index (χ1n) is 6.47. The first-order valence-corrected chi connectivity index (χ1v) is 6.47. The predicted octanol–water partition coefficient (Wildman–Crippen LogP) is 1.75. The van der Waals surface area contributed by atoms with Crippen LogP contribution < -0.4 is 10.1 Å². The minimum atomic E-state index is -0.323. The summed E-state index contributed by atoms with van der Waals surface area (Å²) in [5.74, 6) is 0.498. The molecule has 4 nitrogen and oxygen atoms in total. The predicted molar refractivity (Wildman–Crippen MR) is 68.4 cm³/mol. The molecule has 0 spiro atoms. The number of rotatable bonds is 5. The molecule has 0 unspecified atom stereocenters. The van der Waals surface area contributed by atoms with E-state index < -0.39 is 0 Å². The van der Waals surface area contributed by atoms with Gasteiger partial charge < -0.3 is 14.8 Å². The van der Waals surface area contributed by atoms with Crippen molar-refractivity contribution in [3.8, 4) is 5.75 Å². The lowest BCUT2D eigenvalue weighted by Gasteiger charge is -2.22. The lowest BCUT2D eigenvalue weighted by molar-refractivity contribution is -0.123. The molecule has 1 aromatic rings. The van der Waals surface area contributed by atoms with E-state index in [1.165, 1.54) is 24.3 Å². The number of amides is 1. The second-order valence-corrected chi connectivity index (χ2v) is 4.60. The van der Waals surface area contributed by atoms with Crippen LogP contribution >= 0.6 is 0 Å². The van der Waals surface area contributed by atoms with E-state index in [9.17, 15) is 9.18 Å². The van der Waals surface area contributed by atoms with Crippen molar-refractivity contribution in [1.29, 1.82) is 0 Å². The highest BCUT2D eigenvalue weighted by atomic mass is 19.1. The normalized spacial score (nSPS) is 16.1. The molecule has 1 saturated heterocycles. The fourth-order valence-electron chi connectivity index (χ4n) is 1.94. The zero-order chi connectivity index (χ0) is 13.5. The molecule has 2 rings (SSSR count). The number of halogens is 1. The van der Waals surface area contributed by atoms with E-state index in [-0.39, 0.29) is 18.3 Å². The second-order valence-electron chi connectivity index (χ2n) is 4.60. The fourth-order valence-corrected chi connectivity index (χ4v) is 1.94. The van der Waals surface area contributed by atoms with E-state index in [1.807, 2.05) is 0 Å². The Bertz CT molecular complexity index is 402. The Balaban J connectivity index is 1.65. The molecule has 5 heteroatoms. The molecule has 1 aliphatic heterocycles. The summed E-state index contributed by atoms with van der Waals surface area (Å²) in [4.78, 5) is 11.6. The van der Waals surface area contributed by atoms with Crippen LogP contribution in [0.1, 0.15) is 12.8 Å². The summed E-state index contributed by atoms with van der Waals surface area (Å²) in [6.45, 7) is 2.16. The lowest BCUT2D eigenvalue weighted by atomic mass is 10.0. The molecular weight excluding hydrogens is 249 g/mol. The van der Waals surface area contributed by atoms with Crippen molar-refractivity contribution in [2.45, 2.75) is 12.8 Å². The number of hydrogen-bond acceptors (Lipinski definition) is 3. The van der Waals surface area contributed by atoms with Crippen molar-refractivity contribution in [3.63, 3.8) is 0 Å². The average Bonchev–Trinajstić information content (AvgIpc) is 2.45. The number of carbonyl (C=O) groups is 1. The molecule has 1 heterocycles. The topological polar surface area (TPSA) is 47.6 Å². The maximum Gasteiger partial charge on any atom is 0.257 e. The Kier molecular flexibility index (Phi) is 5.15. The lowest BCUT2D eigenvalue weighted by Crippen LogP contribution is -2.35. The fraction of sp³-hybridized carbons (Fsp3) is 0.500. The minimum Gasteiger partial charge on any atom is -0.484 e. The smallest absolute Gasteiger partial charge is 0.257 e. The van der Waals surface area contributed by atoms with Crippen LogP contribution in [0.15, 0.2) is 24.3 Å².